The van der Waals surface area contributed by atoms with E-state index in [2.05, 4.69) is 0 Å². The average Bonchev–Trinajstić information content (AvgIpc) is 3.40. The summed E-state index contributed by atoms with van der Waals surface area (Å²) < 4.78 is 35.7. The van der Waals surface area contributed by atoms with E-state index in [1.165, 1.54) is 0 Å². The summed E-state index contributed by atoms with van der Waals surface area (Å²) >= 11 is 0. The van der Waals surface area contributed by atoms with Crippen LogP contribution in [0.5, 0.6) is 0 Å². The molecule has 0 bridgehead atoms. The Morgan fingerprint density at radius 2 is 2.03 bits per heavy atom. The second kappa shape index (κ2) is 10.4. The zero-order chi connectivity index (χ0) is 21.6. The zero-order valence-corrected chi connectivity index (χ0v) is 18.5. The molecule has 0 saturated carbocycles. The van der Waals surface area contributed by atoms with Gasteiger partial charge in [0.15, 0.2) is 5.79 Å². The first-order valence-electron chi connectivity index (χ1n) is 10.1. The number of ether oxygens (including phenoxy) is 3. The molecule has 1 unspecified atom stereocenters. The maximum absolute atomic E-state index is 12.7. The van der Waals surface area contributed by atoms with Crippen LogP contribution >= 0.6 is 0 Å². The van der Waals surface area contributed by atoms with Crippen molar-refractivity contribution in [3.63, 3.8) is 0 Å². The number of furan rings is 1. The Bertz CT molecular complexity index is 844. The van der Waals surface area contributed by atoms with E-state index in [1.807, 2.05) is 56.3 Å². The quantitative estimate of drug-likeness (QED) is 0.570. The molecule has 1 aliphatic heterocycles. The van der Waals surface area contributed by atoms with Crippen molar-refractivity contribution in [1.29, 1.82) is 0 Å². The molecule has 0 radical (unpaired) electrons. The van der Waals surface area contributed by atoms with Crippen LogP contribution < -0.4 is 0 Å². The van der Waals surface area contributed by atoms with Gasteiger partial charge in [-0.1, -0.05) is 18.2 Å². The number of aliphatic hydroxyl groups excluding tert-OH is 1. The van der Waals surface area contributed by atoms with Crippen molar-refractivity contribution < 1.29 is 27.9 Å². The van der Waals surface area contributed by atoms with Gasteiger partial charge in [0.05, 0.1) is 49.2 Å². The third-order valence-corrected chi connectivity index (χ3v) is 6.57. The number of hydrogen-bond donors (Lipinski definition) is 1. The third-order valence-electron chi connectivity index (χ3n) is 5.24. The van der Waals surface area contributed by atoms with E-state index < -0.39 is 16.6 Å². The van der Waals surface area contributed by atoms with Gasteiger partial charge >= 0.3 is 0 Å². The fraction of sp³-hybridized carbons (Fsp3) is 0.478. The third kappa shape index (κ3) is 5.82. The minimum Gasteiger partial charge on any atom is -0.500 e. The van der Waals surface area contributed by atoms with Crippen LogP contribution in [0.4, 0.5) is 0 Å². The van der Waals surface area contributed by atoms with Gasteiger partial charge in [-0.05, 0) is 56.5 Å². The van der Waals surface area contributed by atoms with Crippen molar-refractivity contribution >= 4 is 10.8 Å². The van der Waals surface area contributed by atoms with Gasteiger partial charge in [-0.2, -0.15) is 0 Å². The second-order valence-electron chi connectivity index (χ2n) is 7.72. The monoisotopic (exact) mass is 434 g/mol. The Hall–Kier alpha value is -1.93. The van der Waals surface area contributed by atoms with E-state index in [9.17, 15) is 9.32 Å². The second-order valence-corrected chi connectivity index (χ2v) is 9.17. The van der Waals surface area contributed by atoms with Crippen LogP contribution in [-0.2, 0) is 25.0 Å². The van der Waals surface area contributed by atoms with Crippen molar-refractivity contribution in [2.24, 2.45) is 0 Å². The lowest BCUT2D eigenvalue weighted by atomic mass is 9.92. The minimum absolute atomic E-state index is 0.0268. The number of hydrogen-bond acceptors (Lipinski definition) is 6. The van der Waals surface area contributed by atoms with Crippen LogP contribution in [0.3, 0.4) is 0 Å². The molecular weight excluding hydrogens is 404 g/mol. The van der Waals surface area contributed by atoms with Gasteiger partial charge in [-0.25, -0.2) is 0 Å². The minimum atomic E-state index is -1.25. The molecule has 7 heteroatoms. The van der Waals surface area contributed by atoms with Crippen molar-refractivity contribution in [2.75, 3.05) is 26.1 Å². The molecule has 0 amide bonds. The van der Waals surface area contributed by atoms with E-state index in [-0.39, 0.29) is 24.4 Å². The molecule has 1 saturated heterocycles. The molecule has 2 heterocycles. The maximum Gasteiger partial charge on any atom is 0.163 e. The van der Waals surface area contributed by atoms with Crippen LogP contribution in [-0.4, -0.2) is 47.3 Å². The van der Waals surface area contributed by atoms with Gasteiger partial charge in [0.1, 0.15) is 11.5 Å². The lowest BCUT2D eigenvalue weighted by Crippen LogP contribution is -2.25. The highest BCUT2D eigenvalue weighted by Gasteiger charge is 2.39. The largest absolute Gasteiger partial charge is 0.500 e. The molecule has 1 fully saturated rings. The van der Waals surface area contributed by atoms with Crippen molar-refractivity contribution in [1.82, 2.24) is 0 Å². The highest BCUT2D eigenvalue weighted by atomic mass is 32.2. The molecule has 30 heavy (non-hydrogen) atoms. The van der Waals surface area contributed by atoms with E-state index in [0.29, 0.717) is 25.2 Å². The zero-order valence-electron chi connectivity index (χ0n) is 17.7. The molecule has 0 spiro atoms. The highest BCUT2D eigenvalue weighted by molar-refractivity contribution is 7.85. The molecule has 2 aromatic rings. The SMILES string of the molecule is CO/C(CS(=O)c1ccccc1)=C(/CO)CC[C@@H](c1ccco1)[C@H]1COC(C)(C)O1. The Morgan fingerprint density at radius 3 is 2.60 bits per heavy atom. The van der Waals surface area contributed by atoms with E-state index in [1.54, 1.807) is 13.4 Å². The van der Waals surface area contributed by atoms with Gasteiger partial charge in [-0.15, -0.1) is 0 Å². The lowest BCUT2D eigenvalue weighted by molar-refractivity contribution is -0.141. The van der Waals surface area contributed by atoms with Gasteiger partial charge in [0, 0.05) is 10.8 Å². The smallest absolute Gasteiger partial charge is 0.163 e. The van der Waals surface area contributed by atoms with E-state index >= 15 is 0 Å². The first-order valence-corrected chi connectivity index (χ1v) is 11.4. The van der Waals surface area contributed by atoms with Gasteiger partial charge in [0.2, 0.25) is 0 Å². The first kappa shape index (κ1) is 22.7. The number of aliphatic hydroxyl groups is 1. The van der Waals surface area contributed by atoms with Crippen LogP contribution in [0.1, 0.15) is 38.4 Å². The Labute approximate surface area is 180 Å². The van der Waals surface area contributed by atoms with Crippen LogP contribution in [0.2, 0.25) is 0 Å². The summed E-state index contributed by atoms with van der Waals surface area (Å²) in [5, 5.41) is 9.99. The van der Waals surface area contributed by atoms with Crippen molar-refractivity contribution in [2.45, 2.75) is 49.4 Å². The molecule has 0 aliphatic carbocycles. The molecule has 1 aliphatic rings. The topological polar surface area (TPSA) is 78.1 Å². The molecule has 1 N–H and O–H groups in total. The summed E-state index contributed by atoms with van der Waals surface area (Å²) in [6.07, 6.45) is 2.75. The maximum atomic E-state index is 12.7. The summed E-state index contributed by atoms with van der Waals surface area (Å²) in [4.78, 5) is 0.733. The molecule has 164 valence electrons. The normalized spacial score (nSPS) is 21.1. The average molecular weight is 435 g/mol. The molecule has 1 aromatic carbocycles. The molecule has 3 rings (SSSR count). The predicted molar refractivity (Wildman–Crippen MR) is 114 cm³/mol. The Balaban J connectivity index is 1.73. The van der Waals surface area contributed by atoms with Gasteiger partial charge in [0.25, 0.3) is 0 Å². The molecule has 1 aromatic heterocycles. The molecule has 3 atom stereocenters. The van der Waals surface area contributed by atoms with Gasteiger partial charge < -0.3 is 23.7 Å². The summed E-state index contributed by atoms with van der Waals surface area (Å²) in [5.41, 5.74) is 0.733. The van der Waals surface area contributed by atoms with E-state index in [4.69, 9.17) is 18.6 Å². The highest BCUT2D eigenvalue weighted by Crippen LogP contribution is 2.36. The van der Waals surface area contributed by atoms with Crippen molar-refractivity contribution in [3.05, 3.63) is 65.8 Å². The number of rotatable bonds is 10. The predicted octanol–water partition coefficient (Wildman–Crippen LogP) is 4.00. The number of methoxy groups -OCH3 is 1. The van der Waals surface area contributed by atoms with Gasteiger partial charge in [-0.3, -0.25) is 4.21 Å². The fourth-order valence-electron chi connectivity index (χ4n) is 3.64. The molecular formula is C23H30O6S. The van der Waals surface area contributed by atoms with Crippen LogP contribution in [0.25, 0.3) is 0 Å². The van der Waals surface area contributed by atoms with Crippen LogP contribution in [0.15, 0.2) is 69.4 Å². The summed E-state index contributed by atoms with van der Waals surface area (Å²) in [6, 6.07) is 13.0. The lowest BCUT2D eigenvalue weighted by Gasteiger charge is -2.23. The molecule has 6 nitrogen and oxygen atoms in total. The summed E-state index contributed by atoms with van der Waals surface area (Å²) in [7, 11) is 0.300. The van der Waals surface area contributed by atoms with E-state index in [0.717, 1.165) is 16.2 Å². The standard InChI is InChI=1S/C23H30O6S/c1-23(2)28-15-21(29-23)19(20-10-7-13-27-20)12-11-17(14-24)22(26-3)16-30(25)18-8-5-4-6-9-18/h4-10,13,19,21,24H,11-12,14-16H2,1-3H3/b22-17+/t19-,21+,30?/m0/s1. The van der Waals surface area contributed by atoms with Crippen molar-refractivity contribution in [3.8, 4) is 0 Å². The number of benzene rings is 1. The summed E-state index contributed by atoms with van der Waals surface area (Å²) in [5.74, 6) is 0.945. The van der Waals surface area contributed by atoms with Crippen LogP contribution in [0, 0.1) is 0 Å². The Morgan fingerprint density at radius 1 is 1.27 bits per heavy atom. The Kier molecular flexibility index (Phi) is 7.88. The fourth-order valence-corrected chi connectivity index (χ4v) is 4.83. The first-order chi connectivity index (χ1) is 14.4. The summed E-state index contributed by atoms with van der Waals surface area (Å²) in [6.45, 7) is 4.11.